The molecule has 0 aliphatic carbocycles. The van der Waals surface area contributed by atoms with Crippen LogP contribution in [0.4, 0.5) is 5.69 Å². The van der Waals surface area contributed by atoms with Gasteiger partial charge in [-0.25, -0.2) is 0 Å². The lowest BCUT2D eigenvalue weighted by molar-refractivity contribution is -0.124. The van der Waals surface area contributed by atoms with E-state index in [0.717, 1.165) is 16.9 Å². The molecule has 0 saturated heterocycles. The van der Waals surface area contributed by atoms with Gasteiger partial charge in [-0.2, -0.15) is 0 Å². The molecule has 0 heterocycles. The van der Waals surface area contributed by atoms with Crippen LogP contribution in [0.15, 0.2) is 48.5 Å². The third kappa shape index (κ3) is 6.12. The van der Waals surface area contributed by atoms with E-state index in [-0.39, 0.29) is 31.4 Å². The van der Waals surface area contributed by atoms with E-state index >= 15 is 0 Å². The first-order valence-electron chi connectivity index (χ1n) is 7.85. The number of carbonyl (C=O) groups is 2. The van der Waals surface area contributed by atoms with Crippen molar-refractivity contribution in [3.63, 3.8) is 0 Å². The van der Waals surface area contributed by atoms with Crippen LogP contribution in [-0.2, 0) is 9.59 Å². The second-order valence-corrected chi connectivity index (χ2v) is 5.61. The van der Waals surface area contributed by atoms with Crippen molar-refractivity contribution in [2.45, 2.75) is 20.3 Å². The zero-order chi connectivity index (χ0) is 17.4. The van der Waals surface area contributed by atoms with Gasteiger partial charge in [-0.05, 0) is 49.2 Å². The van der Waals surface area contributed by atoms with E-state index in [1.807, 2.05) is 44.2 Å². The lowest BCUT2D eigenvalue weighted by atomic mass is 10.1. The van der Waals surface area contributed by atoms with Crippen molar-refractivity contribution in [1.82, 2.24) is 5.32 Å². The first kappa shape index (κ1) is 17.5. The fourth-order valence-electron chi connectivity index (χ4n) is 2.27. The Hall–Kier alpha value is -2.82. The van der Waals surface area contributed by atoms with Crippen LogP contribution in [0.25, 0.3) is 0 Å². The number of hydrogen-bond donors (Lipinski definition) is 2. The molecule has 5 nitrogen and oxygen atoms in total. The molecule has 0 aliphatic heterocycles. The Morgan fingerprint density at radius 2 is 1.62 bits per heavy atom. The minimum absolute atomic E-state index is 0.0583. The largest absolute Gasteiger partial charge is 0.493 e. The summed E-state index contributed by atoms with van der Waals surface area (Å²) in [5.74, 6) is 0.273. The first-order chi connectivity index (χ1) is 11.5. The van der Waals surface area contributed by atoms with Crippen molar-refractivity contribution in [1.29, 1.82) is 0 Å². The Kier molecular flexibility index (Phi) is 6.37. The zero-order valence-corrected chi connectivity index (χ0v) is 14.0. The Bertz CT molecular complexity index is 679. The van der Waals surface area contributed by atoms with Gasteiger partial charge in [0.1, 0.15) is 5.75 Å². The fraction of sp³-hybridized carbons (Fsp3) is 0.263. The highest BCUT2D eigenvalue weighted by Gasteiger charge is 2.06. The van der Waals surface area contributed by atoms with Crippen LogP contribution in [0.5, 0.6) is 5.75 Å². The molecule has 5 heteroatoms. The Balaban J connectivity index is 1.67. The second kappa shape index (κ2) is 8.72. The first-order valence-corrected chi connectivity index (χ1v) is 7.85. The lowest BCUT2D eigenvalue weighted by Crippen LogP contribution is -2.33. The van der Waals surface area contributed by atoms with Gasteiger partial charge in [0, 0.05) is 5.69 Å². The number of para-hydroxylation sites is 1. The number of rotatable bonds is 7. The highest BCUT2D eigenvalue weighted by Crippen LogP contribution is 2.16. The molecule has 2 aromatic rings. The van der Waals surface area contributed by atoms with Crippen LogP contribution >= 0.6 is 0 Å². The molecule has 0 fully saturated rings. The maximum Gasteiger partial charge on any atom is 0.243 e. The summed E-state index contributed by atoms with van der Waals surface area (Å²) in [6.07, 6.45) is 0.200. The maximum absolute atomic E-state index is 11.8. The number of anilines is 1. The summed E-state index contributed by atoms with van der Waals surface area (Å²) in [6, 6.07) is 15.0. The zero-order valence-electron chi connectivity index (χ0n) is 14.0. The predicted molar refractivity (Wildman–Crippen MR) is 94.1 cm³/mol. The lowest BCUT2D eigenvalue weighted by Gasteiger charge is -2.09. The third-order valence-corrected chi connectivity index (χ3v) is 3.30. The standard InChI is InChI=1S/C19H22N2O3/c1-14-10-15(2)12-17(11-14)24-9-8-18(22)20-13-19(23)21-16-6-4-3-5-7-16/h3-7,10-12H,8-9,13H2,1-2H3,(H,20,22)(H,21,23). The molecule has 0 aromatic heterocycles. The second-order valence-electron chi connectivity index (χ2n) is 5.61. The minimum atomic E-state index is -0.259. The molecule has 0 spiro atoms. The topological polar surface area (TPSA) is 67.4 Å². The number of carbonyl (C=O) groups excluding carboxylic acids is 2. The highest BCUT2D eigenvalue weighted by molar-refractivity contribution is 5.94. The molecular weight excluding hydrogens is 304 g/mol. The van der Waals surface area contributed by atoms with E-state index in [9.17, 15) is 9.59 Å². The number of aryl methyl sites for hydroxylation is 2. The van der Waals surface area contributed by atoms with Crippen molar-refractivity contribution >= 4 is 17.5 Å². The number of benzene rings is 2. The quantitative estimate of drug-likeness (QED) is 0.822. The maximum atomic E-state index is 11.8. The molecule has 2 amide bonds. The third-order valence-electron chi connectivity index (χ3n) is 3.30. The van der Waals surface area contributed by atoms with Crippen molar-refractivity contribution < 1.29 is 14.3 Å². The summed E-state index contributed by atoms with van der Waals surface area (Å²) < 4.78 is 5.58. The number of ether oxygens (including phenoxy) is 1. The molecule has 0 atom stereocenters. The molecule has 0 bridgehead atoms. The molecule has 24 heavy (non-hydrogen) atoms. The Morgan fingerprint density at radius 1 is 0.958 bits per heavy atom. The summed E-state index contributed by atoms with van der Waals surface area (Å²) in [7, 11) is 0. The van der Waals surface area contributed by atoms with Gasteiger partial charge >= 0.3 is 0 Å². The van der Waals surface area contributed by atoms with Gasteiger partial charge in [0.2, 0.25) is 11.8 Å². The van der Waals surface area contributed by atoms with Gasteiger partial charge in [-0.3, -0.25) is 9.59 Å². The van der Waals surface area contributed by atoms with Crippen molar-refractivity contribution in [2.24, 2.45) is 0 Å². The molecule has 126 valence electrons. The molecule has 0 aliphatic rings. The van der Waals surface area contributed by atoms with Crippen molar-refractivity contribution in [2.75, 3.05) is 18.5 Å². The van der Waals surface area contributed by atoms with Gasteiger partial charge in [-0.15, -0.1) is 0 Å². The van der Waals surface area contributed by atoms with Crippen LogP contribution in [0, 0.1) is 13.8 Å². The predicted octanol–water partition coefficient (Wildman–Crippen LogP) is 2.83. The summed E-state index contributed by atoms with van der Waals surface area (Å²) in [5, 5.41) is 5.29. The van der Waals surface area contributed by atoms with Crippen LogP contribution < -0.4 is 15.4 Å². The molecule has 0 saturated carbocycles. The number of nitrogens with one attached hydrogen (secondary N) is 2. The molecule has 0 unspecified atom stereocenters. The van der Waals surface area contributed by atoms with E-state index in [1.165, 1.54) is 0 Å². The monoisotopic (exact) mass is 326 g/mol. The van der Waals surface area contributed by atoms with Crippen LogP contribution in [0.1, 0.15) is 17.5 Å². The van der Waals surface area contributed by atoms with Crippen LogP contribution in [0.2, 0.25) is 0 Å². The van der Waals surface area contributed by atoms with Gasteiger partial charge in [0.05, 0.1) is 19.6 Å². The van der Waals surface area contributed by atoms with E-state index in [4.69, 9.17) is 4.74 Å². The van der Waals surface area contributed by atoms with Gasteiger partial charge in [-0.1, -0.05) is 24.3 Å². The van der Waals surface area contributed by atoms with Crippen molar-refractivity contribution in [3.05, 3.63) is 59.7 Å². The number of amides is 2. The number of hydrogen-bond acceptors (Lipinski definition) is 3. The molecular formula is C19H22N2O3. The highest BCUT2D eigenvalue weighted by atomic mass is 16.5. The average Bonchev–Trinajstić information content (AvgIpc) is 2.53. The van der Waals surface area contributed by atoms with E-state index in [1.54, 1.807) is 12.1 Å². The van der Waals surface area contributed by atoms with Gasteiger partial charge < -0.3 is 15.4 Å². The SMILES string of the molecule is Cc1cc(C)cc(OCCC(=O)NCC(=O)Nc2ccccc2)c1. The van der Waals surface area contributed by atoms with Crippen molar-refractivity contribution in [3.8, 4) is 5.75 Å². The Labute approximate surface area is 142 Å². The summed E-state index contributed by atoms with van der Waals surface area (Å²) in [5.41, 5.74) is 2.94. The van der Waals surface area contributed by atoms with Crippen LogP contribution in [-0.4, -0.2) is 25.0 Å². The summed E-state index contributed by atoms with van der Waals surface area (Å²) in [4.78, 5) is 23.5. The fourth-order valence-corrected chi connectivity index (χ4v) is 2.27. The molecule has 2 rings (SSSR count). The summed E-state index contributed by atoms with van der Waals surface area (Å²) in [6.45, 7) is 4.21. The normalized spacial score (nSPS) is 10.1. The van der Waals surface area contributed by atoms with Gasteiger partial charge in [0.25, 0.3) is 0 Å². The molecule has 0 radical (unpaired) electrons. The molecule has 2 aromatic carbocycles. The average molecular weight is 326 g/mol. The van der Waals surface area contributed by atoms with E-state index < -0.39 is 0 Å². The minimum Gasteiger partial charge on any atom is -0.493 e. The van der Waals surface area contributed by atoms with Gasteiger partial charge in [0.15, 0.2) is 0 Å². The summed E-state index contributed by atoms with van der Waals surface area (Å²) >= 11 is 0. The van der Waals surface area contributed by atoms with Crippen LogP contribution in [0.3, 0.4) is 0 Å². The molecule has 2 N–H and O–H groups in total. The smallest absolute Gasteiger partial charge is 0.243 e. The van der Waals surface area contributed by atoms with E-state index in [0.29, 0.717) is 5.69 Å². The Morgan fingerprint density at radius 3 is 2.29 bits per heavy atom. The van der Waals surface area contributed by atoms with E-state index in [2.05, 4.69) is 16.7 Å².